The van der Waals surface area contributed by atoms with Crippen molar-refractivity contribution in [3.63, 3.8) is 0 Å². The first kappa shape index (κ1) is 14.0. The van der Waals surface area contributed by atoms with Crippen molar-refractivity contribution in [1.82, 2.24) is 10.2 Å². The Morgan fingerprint density at radius 2 is 1.69 bits per heavy atom. The van der Waals surface area contributed by atoms with E-state index in [-0.39, 0.29) is 0 Å². The highest BCUT2D eigenvalue weighted by atomic mass is 15.2. The third-order valence-electron chi connectivity index (χ3n) is 4.31. The number of hydrogen-bond donors (Lipinski definition) is 1. The highest BCUT2D eigenvalue weighted by molar-refractivity contribution is 5.00. The van der Waals surface area contributed by atoms with E-state index in [9.17, 15) is 0 Å². The molecule has 0 aliphatic heterocycles. The second-order valence-corrected chi connectivity index (χ2v) is 6.03. The van der Waals surface area contributed by atoms with E-state index in [2.05, 4.69) is 45.2 Å². The number of hydrogen-bond acceptors (Lipinski definition) is 2. The Bertz CT molecular complexity index is 193. The van der Waals surface area contributed by atoms with Crippen LogP contribution >= 0.6 is 0 Å². The summed E-state index contributed by atoms with van der Waals surface area (Å²) in [5.74, 6) is 0.774. The maximum atomic E-state index is 3.58. The van der Waals surface area contributed by atoms with Crippen molar-refractivity contribution >= 4 is 0 Å². The maximum Gasteiger partial charge on any atom is 0.0356 e. The molecule has 1 aliphatic rings. The van der Waals surface area contributed by atoms with Crippen LogP contribution in [0, 0.1) is 5.92 Å². The zero-order valence-corrected chi connectivity index (χ0v) is 11.8. The van der Waals surface area contributed by atoms with Gasteiger partial charge in [-0.2, -0.15) is 0 Å². The highest BCUT2D eigenvalue weighted by Gasteiger charge is 2.40. The summed E-state index contributed by atoms with van der Waals surface area (Å²) in [5, 5.41) is 3.58. The normalized spacial score (nSPS) is 22.7. The van der Waals surface area contributed by atoms with Gasteiger partial charge in [0.05, 0.1) is 0 Å². The van der Waals surface area contributed by atoms with Gasteiger partial charge in [0.25, 0.3) is 0 Å². The van der Waals surface area contributed by atoms with Crippen molar-refractivity contribution in [1.29, 1.82) is 0 Å². The summed E-state index contributed by atoms with van der Waals surface area (Å²) in [6, 6.07) is 0.641. The fraction of sp³-hybridized carbons (Fsp3) is 1.00. The molecule has 0 aromatic carbocycles. The molecule has 1 fully saturated rings. The van der Waals surface area contributed by atoms with E-state index in [4.69, 9.17) is 0 Å². The van der Waals surface area contributed by atoms with Gasteiger partial charge in [0.15, 0.2) is 0 Å². The van der Waals surface area contributed by atoms with Gasteiger partial charge in [0.1, 0.15) is 0 Å². The lowest BCUT2D eigenvalue weighted by atomic mass is 9.73. The van der Waals surface area contributed by atoms with Gasteiger partial charge >= 0.3 is 0 Å². The molecule has 2 heteroatoms. The van der Waals surface area contributed by atoms with Crippen LogP contribution in [-0.2, 0) is 0 Å². The third kappa shape index (κ3) is 2.98. The van der Waals surface area contributed by atoms with Crippen molar-refractivity contribution in [2.24, 2.45) is 5.92 Å². The fourth-order valence-electron chi connectivity index (χ4n) is 3.35. The molecular formula is C14H30N2. The lowest BCUT2D eigenvalue weighted by molar-refractivity contribution is 0.0517. The molecular weight excluding hydrogens is 196 g/mol. The van der Waals surface area contributed by atoms with E-state index < -0.39 is 0 Å². The average Bonchev–Trinajstić information content (AvgIpc) is 2.26. The Morgan fingerprint density at radius 1 is 1.12 bits per heavy atom. The summed E-state index contributed by atoms with van der Waals surface area (Å²) in [5.41, 5.74) is 0.400. The van der Waals surface area contributed by atoms with Crippen LogP contribution in [0.2, 0.25) is 0 Å². The average molecular weight is 226 g/mol. The summed E-state index contributed by atoms with van der Waals surface area (Å²) in [7, 11) is 6.65. The Morgan fingerprint density at radius 3 is 2.06 bits per heavy atom. The van der Waals surface area contributed by atoms with Crippen LogP contribution in [0.25, 0.3) is 0 Å². The number of nitrogens with one attached hydrogen (secondary N) is 1. The van der Waals surface area contributed by atoms with E-state index in [1.54, 1.807) is 0 Å². The van der Waals surface area contributed by atoms with Gasteiger partial charge in [0, 0.05) is 11.6 Å². The molecule has 1 N–H and O–H groups in total. The van der Waals surface area contributed by atoms with Gasteiger partial charge < -0.3 is 10.2 Å². The maximum absolute atomic E-state index is 3.58. The van der Waals surface area contributed by atoms with Gasteiger partial charge in [-0.3, -0.25) is 0 Å². The molecule has 0 spiro atoms. The fourth-order valence-corrected chi connectivity index (χ4v) is 3.35. The predicted octanol–water partition coefficient (Wildman–Crippen LogP) is 2.89. The second-order valence-electron chi connectivity index (χ2n) is 6.03. The van der Waals surface area contributed by atoms with Crippen LogP contribution in [0.1, 0.15) is 52.4 Å². The molecule has 1 unspecified atom stereocenters. The van der Waals surface area contributed by atoms with E-state index >= 15 is 0 Å². The summed E-state index contributed by atoms with van der Waals surface area (Å²) < 4.78 is 0. The van der Waals surface area contributed by atoms with E-state index in [1.165, 1.54) is 38.5 Å². The first-order valence-corrected chi connectivity index (χ1v) is 6.87. The molecule has 0 aromatic rings. The Kier molecular flexibility index (Phi) is 5.26. The summed E-state index contributed by atoms with van der Waals surface area (Å²) >= 11 is 0. The molecule has 1 rings (SSSR count). The standard InChI is InChI=1S/C14H30N2/c1-12(2)11-13(15-3)14(16(4)5)9-7-6-8-10-14/h12-13,15H,6-11H2,1-5H3. The molecule has 0 radical (unpaired) electrons. The molecule has 1 atom stereocenters. The van der Waals surface area contributed by atoms with Crippen molar-refractivity contribution < 1.29 is 0 Å². The Labute approximate surface area is 102 Å². The predicted molar refractivity (Wildman–Crippen MR) is 71.8 cm³/mol. The minimum Gasteiger partial charge on any atom is -0.315 e. The van der Waals surface area contributed by atoms with Gasteiger partial charge in [-0.05, 0) is 46.3 Å². The van der Waals surface area contributed by atoms with Crippen molar-refractivity contribution in [3.05, 3.63) is 0 Å². The van der Waals surface area contributed by atoms with Crippen LogP contribution in [0.3, 0.4) is 0 Å². The molecule has 0 heterocycles. The van der Waals surface area contributed by atoms with Gasteiger partial charge in [-0.15, -0.1) is 0 Å². The van der Waals surface area contributed by atoms with Crippen molar-refractivity contribution in [2.45, 2.75) is 64.0 Å². The minimum absolute atomic E-state index is 0.400. The van der Waals surface area contributed by atoms with E-state index in [0.29, 0.717) is 11.6 Å². The highest BCUT2D eigenvalue weighted by Crippen LogP contribution is 2.37. The summed E-state index contributed by atoms with van der Waals surface area (Å²) in [6.45, 7) is 4.66. The van der Waals surface area contributed by atoms with Gasteiger partial charge in [0.2, 0.25) is 0 Å². The lowest BCUT2D eigenvalue weighted by Crippen LogP contribution is -2.59. The Balaban J connectivity index is 2.80. The molecule has 0 amide bonds. The monoisotopic (exact) mass is 226 g/mol. The van der Waals surface area contributed by atoms with Crippen LogP contribution < -0.4 is 5.32 Å². The van der Waals surface area contributed by atoms with Crippen LogP contribution in [0.4, 0.5) is 0 Å². The quantitative estimate of drug-likeness (QED) is 0.775. The summed E-state index contributed by atoms with van der Waals surface area (Å²) in [6.07, 6.45) is 8.22. The zero-order valence-electron chi connectivity index (χ0n) is 11.8. The van der Waals surface area contributed by atoms with Crippen molar-refractivity contribution in [3.8, 4) is 0 Å². The first-order valence-electron chi connectivity index (χ1n) is 6.87. The lowest BCUT2D eigenvalue weighted by Gasteiger charge is -2.49. The second kappa shape index (κ2) is 6.02. The minimum atomic E-state index is 0.400. The largest absolute Gasteiger partial charge is 0.315 e. The van der Waals surface area contributed by atoms with E-state index in [1.807, 2.05) is 0 Å². The third-order valence-corrected chi connectivity index (χ3v) is 4.31. The van der Waals surface area contributed by atoms with Crippen LogP contribution in [-0.4, -0.2) is 37.6 Å². The van der Waals surface area contributed by atoms with Gasteiger partial charge in [-0.1, -0.05) is 33.1 Å². The van der Waals surface area contributed by atoms with Crippen LogP contribution in [0.15, 0.2) is 0 Å². The number of rotatable bonds is 5. The molecule has 0 aromatic heterocycles. The smallest absolute Gasteiger partial charge is 0.0356 e. The molecule has 0 saturated heterocycles. The van der Waals surface area contributed by atoms with Gasteiger partial charge in [-0.25, -0.2) is 0 Å². The van der Waals surface area contributed by atoms with Crippen LogP contribution in [0.5, 0.6) is 0 Å². The molecule has 1 saturated carbocycles. The number of likely N-dealkylation sites (N-methyl/N-ethyl adjacent to an activating group) is 2. The Hall–Kier alpha value is -0.0800. The molecule has 16 heavy (non-hydrogen) atoms. The van der Waals surface area contributed by atoms with Crippen molar-refractivity contribution in [2.75, 3.05) is 21.1 Å². The summed E-state index contributed by atoms with van der Waals surface area (Å²) in [4.78, 5) is 2.48. The first-order chi connectivity index (χ1) is 7.53. The number of nitrogens with zero attached hydrogens (tertiary/aromatic N) is 1. The molecule has 1 aliphatic carbocycles. The molecule has 0 bridgehead atoms. The molecule has 2 nitrogen and oxygen atoms in total. The molecule has 96 valence electrons. The van der Waals surface area contributed by atoms with E-state index in [0.717, 1.165) is 5.92 Å². The SMILES string of the molecule is CNC(CC(C)C)C1(N(C)C)CCCCC1. The zero-order chi connectivity index (χ0) is 12.2. The topological polar surface area (TPSA) is 15.3 Å².